The lowest BCUT2D eigenvalue weighted by molar-refractivity contribution is 0.289. The van der Waals surface area contributed by atoms with Crippen LogP contribution in [0, 0.1) is 0 Å². The van der Waals surface area contributed by atoms with Gasteiger partial charge in [0.05, 0.1) is 6.61 Å². The maximum absolute atomic E-state index is 11.5. The fraction of sp³-hybridized carbons (Fsp3) is 1.00. The first-order valence-corrected chi connectivity index (χ1v) is 6.01. The first-order chi connectivity index (χ1) is 5.21. The van der Waals surface area contributed by atoms with Gasteiger partial charge in [-0.1, -0.05) is 3.89 Å². The zero-order valence-corrected chi connectivity index (χ0v) is 7.58. The Hall–Kier alpha value is -0.153. The van der Waals surface area contributed by atoms with Crippen molar-refractivity contribution < 1.29 is 28.8 Å². The summed E-state index contributed by atoms with van der Waals surface area (Å²) in [6.45, 7) is -0.759. The van der Waals surface area contributed by atoms with Crippen molar-refractivity contribution in [3.8, 4) is 0 Å². The van der Waals surface area contributed by atoms with Gasteiger partial charge in [0.1, 0.15) is 0 Å². The molecule has 0 rings (SSSR count). The Morgan fingerprint density at radius 3 is 2.08 bits per heavy atom. The first kappa shape index (κ1) is 11.8. The SMILES string of the molecule is O=S(=O)(F)OCCC[Si](F)(F)F. The molecule has 0 aliphatic heterocycles. The third-order valence-corrected chi connectivity index (χ3v) is 2.20. The largest absolute Gasteiger partial charge is 0.616 e. The van der Waals surface area contributed by atoms with Gasteiger partial charge in [-0.15, -0.1) is 0 Å². The van der Waals surface area contributed by atoms with E-state index in [0.717, 1.165) is 0 Å². The normalized spacial score (nSPS) is 13.3. The standard InChI is InChI=1S/C3H6F4O3SSi/c4-11(8,9)10-2-1-3-12(5,6)7/h1-3H2. The summed E-state index contributed by atoms with van der Waals surface area (Å²) in [5.41, 5.74) is 0. The van der Waals surface area contributed by atoms with Crippen LogP contribution in [0.3, 0.4) is 0 Å². The van der Waals surface area contributed by atoms with Crippen LogP contribution < -0.4 is 0 Å². The van der Waals surface area contributed by atoms with E-state index in [1.54, 1.807) is 0 Å². The highest BCUT2D eigenvalue weighted by Crippen LogP contribution is 2.16. The zero-order chi connectivity index (χ0) is 9.83. The number of rotatable bonds is 5. The van der Waals surface area contributed by atoms with Crippen LogP contribution in [0.25, 0.3) is 0 Å². The van der Waals surface area contributed by atoms with E-state index in [1.165, 1.54) is 0 Å². The molecule has 0 unspecified atom stereocenters. The van der Waals surface area contributed by atoms with Crippen LogP contribution in [0.5, 0.6) is 0 Å². The molecule has 0 radical (unpaired) electrons. The van der Waals surface area contributed by atoms with Crippen LogP contribution in [-0.4, -0.2) is 24.1 Å². The molecule has 0 aliphatic carbocycles. The van der Waals surface area contributed by atoms with Gasteiger partial charge < -0.3 is 0 Å². The van der Waals surface area contributed by atoms with Crippen LogP contribution in [-0.2, 0) is 14.7 Å². The van der Waals surface area contributed by atoms with E-state index in [1.807, 2.05) is 0 Å². The molecule has 0 spiro atoms. The van der Waals surface area contributed by atoms with Crippen LogP contribution in [0.4, 0.5) is 16.2 Å². The van der Waals surface area contributed by atoms with E-state index < -0.39 is 38.7 Å². The Balaban J connectivity index is 3.48. The summed E-state index contributed by atoms with van der Waals surface area (Å²) < 4.78 is 68.7. The van der Waals surface area contributed by atoms with Crippen molar-refractivity contribution in [3.63, 3.8) is 0 Å². The summed E-state index contributed by atoms with van der Waals surface area (Å²) in [4.78, 5) is 0. The Labute approximate surface area is 68.3 Å². The topological polar surface area (TPSA) is 43.4 Å². The minimum Gasteiger partial charge on any atom is -0.245 e. The van der Waals surface area contributed by atoms with Gasteiger partial charge in [-0.3, -0.25) is 0 Å². The van der Waals surface area contributed by atoms with Gasteiger partial charge in [-0.2, -0.15) is 8.42 Å². The predicted molar refractivity (Wildman–Crippen MR) is 34.5 cm³/mol. The summed E-state index contributed by atoms with van der Waals surface area (Å²) in [7, 11) is -10.7. The molecule has 0 atom stereocenters. The van der Waals surface area contributed by atoms with E-state index in [4.69, 9.17) is 0 Å². The van der Waals surface area contributed by atoms with Crippen molar-refractivity contribution in [1.29, 1.82) is 0 Å². The Morgan fingerprint density at radius 1 is 1.25 bits per heavy atom. The maximum Gasteiger partial charge on any atom is 0.616 e. The molecule has 0 fully saturated rings. The monoisotopic (exact) mass is 226 g/mol. The van der Waals surface area contributed by atoms with E-state index in [0.29, 0.717) is 0 Å². The molecular weight excluding hydrogens is 220 g/mol. The van der Waals surface area contributed by atoms with Crippen LogP contribution in [0.2, 0.25) is 6.04 Å². The molecule has 0 N–H and O–H groups in total. The van der Waals surface area contributed by atoms with Crippen LogP contribution in [0.1, 0.15) is 6.42 Å². The molecule has 0 saturated carbocycles. The van der Waals surface area contributed by atoms with Gasteiger partial charge in [0.15, 0.2) is 0 Å². The third kappa shape index (κ3) is 9.85. The second kappa shape index (κ2) is 4.19. The van der Waals surface area contributed by atoms with E-state index in [9.17, 15) is 24.6 Å². The molecule has 0 bridgehead atoms. The quantitative estimate of drug-likeness (QED) is 0.234. The molecule has 0 amide bonds. The number of halogens is 4. The summed E-state index contributed by atoms with van der Waals surface area (Å²) in [5, 5.41) is 0. The van der Waals surface area contributed by atoms with E-state index in [-0.39, 0.29) is 0 Å². The summed E-state index contributed by atoms with van der Waals surface area (Å²) in [6.07, 6.45) is -0.515. The van der Waals surface area contributed by atoms with E-state index in [2.05, 4.69) is 4.18 Å². The lowest BCUT2D eigenvalue weighted by Gasteiger charge is -2.00. The van der Waals surface area contributed by atoms with Gasteiger partial charge in [-0.05, 0) is 6.42 Å². The van der Waals surface area contributed by atoms with Crippen LogP contribution >= 0.6 is 0 Å². The lowest BCUT2D eigenvalue weighted by Crippen LogP contribution is -2.15. The maximum atomic E-state index is 11.5. The second-order valence-electron chi connectivity index (χ2n) is 1.93. The summed E-state index contributed by atoms with van der Waals surface area (Å²) in [5.74, 6) is 0. The van der Waals surface area contributed by atoms with Crippen molar-refractivity contribution in [1.82, 2.24) is 0 Å². The van der Waals surface area contributed by atoms with Crippen molar-refractivity contribution in [3.05, 3.63) is 0 Å². The second-order valence-corrected chi connectivity index (χ2v) is 4.69. The van der Waals surface area contributed by atoms with Crippen molar-refractivity contribution in [2.45, 2.75) is 12.5 Å². The van der Waals surface area contributed by atoms with Crippen molar-refractivity contribution in [2.24, 2.45) is 0 Å². The molecular formula is C3H6F4O3SSi. The zero-order valence-electron chi connectivity index (χ0n) is 5.77. The fourth-order valence-corrected chi connectivity index (χ4v) is 1.29. The third-order valence-electron chi connectivity index (χ3n) is 0.829. The number of hydrogen-bond acceptors (Lipinski definition) is 3. The highest BCUT2D eigenvalue weighted by Gasteiger charge is 2.35. The minimum atomic E-state index is -5.65. The Bertz CT molecular complexity index is 222. The Morgan fingerprint density at radius 2 is 1.75 bits per heavy atom. The fourth-order valence-electron chi connectivity index (χ4n) is 0.431. The highest BCUT2D eigenvalue weighted by atomic mass is 32.3. The van der Waals surface area contributed by atoms with Gasteiger partial charge in [0.2, 0.25) is 0 Å². The number of hydrogen-bond donors (Lipinski definition) is 0. The van der Waals surface area contributed by atoms with Crippen LogP contribution in [0.15, 0.2) is 0 Å². The molecule has 0 saturated heterocycles. The molecule has 9 heteroatoms. The van der Waals surface area contributed by atoms with Gasteiger partial charge in [0, 0.05) is 6.04 Å². The van der Waals surface area contributed by atoms with Crippen molar-refractivity contribution >= 4 is 19.6 Å². The molecule has 0 aliphatic rings. The van der Waals surface area contributed by atoms with E-state index >= 15 is 0 Å². The van der Waals surface area contributed by atoms with Gasteiger partial charge in [0.25, 0.3) is 0 Å². The summed E-state index contributed by atoms with van der Waals surface area (Å²) in [6, 6.07) is -1.05. The average molecular weight is 226 g/mol. The molecule has 0 aromatic heterocycles. The smallest absolute Gasteiger partial charge is 0.245 e. The molecule has 74 valence electrons. The van der Waals surface area contributed by atoms with Crippen molar-refractivity contribution in [2.75, 3.05) is 6.61 Å². The molecule has 12 heavy (non-hydrogen) atoms. The highest BCUT2D eigenvalue weighted by molar-refractivity contribution is 7.81. The lowest BCUT2D eigenvalue weighted by atomic mass is 10.5. The molecule has 0 aromatic carbocycles. The van der Waals surface area contributed by atoms with Gasteiger partial charge >= 0.3 is 19.6 Å². The first-order valence-electron chi connectivity index (χ1n) is 2.86. The average Bonchev–Trinajstić information content (AvgIpc) is 1.76. The summed E-state index contributed by atoms with van der Waals surface area (Å²) >= 11 is 0. The molecule has 0 heterocycles. The predicted octanol–water partition coefficient (Wildman–Crippen LogP) is 1.45. The minimum absolute atomic E-state index is 0.515. The Kier molecular flexibility index (Phi) is 4.13. The molecule has 3 nitrogen and oxygen atoms in total. The molecule has 0 aromatic rings. The van der Waals surface area contributed by atoms with Gasteiger partial charge in [-0.25, -0.2) is 16.5 Å².